The molecule has 0 aromatic heterocycles. The third-order valence-corrected chi connectivity index (χ3v) is 3.96. The van der Waals surface area contributed by atoms with Crippen LogP contribution in [0.15, 0.2) is 0 Å². The zero-order chi connectivity index (χ0) is 9.97. The largest absolute Gasteiger partial charge is 0.330 e. The SMILES string of the molecule is CC1CN(CC2CCC(CN)CC2)C1. The van der Waals surface area contributed by atoms with Crippen LogP contribution in [0.2, 0.25) is 0 Å². The van der Waals surface area contributed by atoms with Crippen molar-refractivity contribution >= 4 is 0 Å². The lowest BCUT2D eigenvalue weighted by Gasteiger charge is -2.41. The predicted octanol–water partition coefficient (Wildman–Crippen LogP) is 1.70. The van der Waals surface area contributed by atoms with Crippen molar-refractivity contribution in [3.05, 3.63) is 0 Å². The molecule has 2 fully saturated rings. The highest BCUT2D eigenvalue weighted by Gasteiger charge is 2.27. The molecule has 0 atom stereocenters. The molecule has 1 saturated heterocycles. The van der Waals surface area contributed by atoms with E-state index in [4.69, 9.17) is 5.73 Å². The molecule has 0 aromatic rings. The van der Waals surface area contributed by atoms with Gasteiger partial charge in [0.1, 0.15) is 0 Å². The van der Waals surface area contributed by atoms with E-state index < -0.39 is 0 Å². The van der Waals surface area contributed by atoms with E-state index in [1.54, 1.807) is 0 Å². The van der Waals surface area contributed by atoms with E-state index in [-0.39, 0.29) is 0 Å². The number of likely N-dealkylation sites (tertiary alicyclic amines) is 1. The smallest absolute Gasteiger partial charge is 0.00195 e. The lowest BCUT2D eigenvalue weighted by Crippen LogP contribution is -2.47. The van der Waals surface area contributed by atoms with Crippen LogP contribution >= 0.6 is 0 Å². The zero-order valence-corrected chi connectivity index (χ0v) is 9.41. The molecule has 0 spiro atoms. The minimum atomic E-state index is 0.835. The van der Waals surface area contributed by atoms with Gasteiger partial charge in [-0.2, -0.15) is 0 Å². The summed E-state index contributed by atoms with van der Waals surface area (Å²) in [5.74, 6) is 2.77. The van der Waals surface area contributed by atoms with Crippen LogP contribution < -0.4 is 5.73 Å². The molecule has 1 aliphatic heterocycles. The van der Waals surface area contributed by atoms with Crippen molar-refractivity contribution in [2.24, 2.45) is 23.5 Å². The average molecular weight is 196 g/mol. The van der Waals surface area contributed by atoms with Gasteiger partial charge in [-0.25, -0.2) is 0 Å². The van der Waals surface area contributed by atoms with Crippen LogP contribution in [0, 0.1) is 17.8 Å². The lowest BCUT2D eigenvalue weighted by molar-refractivity contribution is 0.0785. The molecule has 2 aliphatic rings. The highest BCUT2D eigenvalue weighted by Crippen LogP contribution is 2.30. The molecule has 0 bridgehead atoms. The number of hydrogen-bond acceptors (Lipinski definition) is 2. The maximum atomic E-state index is 5.70. The molecule has 0 unspecified atom stereocenters. The van der Waals surface area contributed by atoms with Gasteiger partial charge in [0.05, 0.1) is 0 Å². The Bertz CT molecular complexity index is 167. The van der Waals surface area contributed by atoms with Crippen LogP contribution in [-0.4, -0.2) is 31.1 Å². The Labute approximate surface area is 87.8 Å². The molecule has 2 heteroatoms. The summed E-state index contributed by atoms with van der Waals surface area (Å²) in [7, 11) is 0. The van der Waals surface area contributed by atoms with Gasteiger partial charge >= 0.3 is 0 Å². The monoisotopic (exact) mass is 196 g/mol. The molecule has 82 valence electrons. The Morgan fingerprint density at radius 3 is 2.14 bits per heavy atom. The van der Waals surface area contributed by atoms with Gasteiger partial charge in [-0.15, -0.1) is 0 Å². The predicted molar refractivity (Wildman–Crippen MR) is 60.1 cm³/mol. The molecule has 2 N–H and O–H groups in total. The molecular weight excluding hydrogens is 172 g/mol. The Morgan fingerprint density at radius 2 is 1.64 bits per heavy atom. The van der Waals surface area contributed by atoms with Gasteiger partial charge in [0, 0.05) is 19.6 Å². The minimum absolute atomic E-state index is 0.835. The van der Waals surface area contributed by atoms with Crippen LogP contribution in [0.25, 0.3) is 0 Å². The fraction of sp³-hybridized carbons (Fsp3) is 1.00. The van der Waals surface area contributed by atoms with E-state index in [2.05, 4.69) is 11.8 Å². The van der Waals surface area contributed by atoms with Crippen LogP contribution in [-0.2, 0) is 0 Å². The van der Waals surface area contributed by atoms with Crippen molar-refractivity contribution < 1.29 is 0 Å². The van der Waals surface area contributed by atoms with E-state index in [0.717, 1.165) is 24.3 Å². The third kappa shape index (κ3) is 2.48. The minimum Gasteiger partial charge on any atom is -0.330 e. The fourth-order valence-electron chi connectivity index (χ4n) is 2.99. The number of nitrogens with two attached hydrogens (primary N) is 1. The first-order chi connectivity index (χ1) is 6.78. The molecule has 14 heavy (non-hydrogen) atoms. The summed E-state index contributed by atoms with van der Waals surface area (Å²) in [5, 5.41) is 0. The van der Waals surface area contributed by atoms with Gasteiger partial charge < -0.3 is 10.6 Å². The normalized spacial score (nSPS) is 35.6. The maximum absolute atomic E-state index is 5.70. The van der Waals surface area contributed by atoms with Gasteiger partial charge in [0.2, 0.25) is 0 Å². The molecule has 0 amide bonds. The standard InChI is InChI=1S/C12H24N2/c1-10-7-14(8-10)9-12-4-2-11(6-13)3-5-12/h10-12H,2-9,13H2,1H3. The zero-order valence-electron chi connectivity index (χ0n) is 9.41. The Balaban J connectivity index is 1.64. The van der Waals surface area contributed by atoms with Gasteiger partial charge in [0.15, 0.2) is 0 Å². The summed E-state index contributed by atoms with van der Waals surface area (Å²) in [6.45, 7) is 7.31. The summed E-state index contributed by atoms with van der Waals surface area (Å²) < 4.78 is 0. The highest BCUT2D eigenvalue weighted by molar-refractivity contribution is 4.81. The topological polar surface area (TPSA) is 29.3 Å². The molecule has 2 rings (SSSR count). The quantitative estimate of drug-likeness (QED) is 0.744. The fourth-order valence-corrected chi connectivity index (χ4v) is 2.99. The van der Waals surface area contributed by atoms with Crippen molar-refractivity contribution in [2.45, 2.75) is 32.6 Å². The first-order valence-electron chi connectivity index (χ1n) is 6.20. The second kappa shape index (κ2) is 4.63. The van der Waals surface area contributed by atoms with Crippen LogP contribution in [0.5, 0.6) is 0 Å². The summed E-state index contributed by atoms with van der Waals surface area (Å²) in [4.78, 5) is 2.62. The van der Waals surface area contributed by atoms with Crippen LogP contribution in [0.3, 0.4) is 0 Å². The molecule has 1 heterocycles. The first-order valence-corrected chi connectivity index (χ1v) is 6.20. The highest BCUT2D eigenvalue weighted by atomic mass is 15.2. The number of nitrogens with zero attached hydrogens (tertiary/aromatic N) is 1. The molecule has 1 aliphatic carbocycles. The summed E-state index contributed by atoms with van der Waals surface area (Å²) in [6, 6.07) is 0. The average Bonchev–Trinajstić information content (AvgIpc) is 2.17. The maximum Gasteiger partial charge on any atom is 0.00195 e. The summed E-state index contributed by atoms with van der Waals surface area (Å²) >= 11 is 0. The van der Waals surface area contributed by atoms with E-state index in [9.17, 15) is 0 Å². The van der Waals surface area contributed by atoms with Crippen LogP contribution in [0.4, 0.5) is 0 Å². The Hall–Kier alpha value is -0.0800. The number of hydrogen-bond donors (Lipinski definition) is 1. The van der Waals surface area contributed by atoms with Crippen molar-refractivity contribution in [3.63, 3.8) is 0 Å². The van der Waals surface area contributed by atoms with E-state index >= 15 is 0 Å². The van der Waals surface area contributed by atoms with Gasteiger partial charge in [0.25, 0.3) is 0 Å². The second-order valence-corrected chi connectivity index (χ2v) is 5.45. The van der Waals surface area contributed by atoms with Crippen molar-refractivity contribution in [2.75, 3.05) is 26.2 Å². The van der Waals surface area contributed by atoms with Gasteiger partial charge in [-0.3, -0.25) is 0 Å². The third-order valence-electron chi connectivity index (χ3n) is 3.96. The molecule has 1 saturated carbocycles. The summed E-state index contributed by atoms with van der Waals surface area (Å²) in [6.07, 6.45) is 5.61. The molecular formula is C12H24N2. The van der Waals surface area contributed by atoms with Crippen molar-refractivity contribution in [1.82, 2.24) is 4.90 Å². The Kier molecular flexibility index (Phi) is 3.45. The first kappa shape index (κ1) is 10.4. The van der Waals surface area contributed by atoms with E-state index in [0.29, 0.717) is 0 Å². The van der Waals surface area contributed by atoms with E-state index in [1.807, 2.05) is 0 Å². The number of rotatable bonds is 3. The molecule has 0 aromatic carbocycles. The van der Waals surface area contributed by atoms with Gasteiger partial charge in [-0.05, 0) is 50.0 Å². The van der Waals surface area contributed by atoms with Crippen molar-refractivity contribution in [1.29, 1.82) is 0 Å². The van der Waals surface area contributed by atoms with Gasteiger partial charge in [-0.1, -0.05) is 6.92 Å². The summed E-state index contributed by atoms with van der Waals surface area (Å²) in [5.41, 5.74) is 5.70. The van der Waals surface area contributed by atoms with Crippen molar-refractivity contribution in [3.8, 4) is 0 Å². The molecule has 0 radical (unpaired) electrons. The Morgan fingerprint density at radius 1 is 1.07 bits per heavy atom. The molecule has 2 nitrogen and oxygen atoms in total. The van der Waals surface area contributed by atoms with Crippen LogP contribution in [0.1, 0.15) is 32.6 Å². The lowest BCUT2D eigenvalue weighted by atomic mass is 9.81. The second-order valence-electron chi connectivity index (χ2n) is 5.45. The van der Waals surface area contributed by atoms with E-state index in [1.165, 1.54) is 45.3 Å².